The van der Waals surface area contributed by atoms with Crippen LogP contribution in [0.15, 0.2) is 42.6 Å². The van der Waals surface area contributed by atoms with E-state index in [1.54, 1.807) is 30.5 Å². The molecule has 0 aliphatic carbocycles. The van der Waals surface area contributed by atoms with Gasteiger partial charge in [-0.15, -0.1) is 0 Å². The molecule has 0 atom stereocenters. The Hall–Kier alpha value is -2.65. The van der Waals surface area contributed by atoms with E-state index in [0.717, 1.165) is 38.5 Å². The Balaban J connectivity index is 1.45. The van der Waals surface area contributed by atoms with Crippen LogP contribution in [-0.2, 0) is 0 Å². The van der Waals surface area contributed by atoms with Gasteiger partial charge in [-0.2, -0.15) is 5.26 Å². The summed E-state index contributed by atoms with van der Waals surface area (Å²) in [5, 5.41) is 9.18. The Labute approximate surface area is 140 Å². The molecule has 0 radical (unpaired) electrons. The summed E-state index contributed by atoms with van der Waals surface area (Å²) in [7, 11) is 0. The van der Waals surface area contributed by atoms with Crippen molar-refractivity contribution in [1.29, 1.82) is 5.26 Å². The van der Waals surface area contributed by atoms with E-state index >= 15 is 0 Å². The molecule has 0 bridgehead atoms. The van der Waals surface area contributed by atoms with E-state index in [4.69, 9.17) is 4.74 Å². The topological polar surface area (TPSA) is 52.4 Å². The third-order valence-electron chi connectivity index (χ3n) is 4.07. The van der Waals surface area contributed by atoms with Gasteiger partial charge in [-0.25, -0.2) is 9.37 Å². The lowest BCUT2D eigenvalue weighted by Crippen LogP contribution is -2.48. The first-order valence-electron chi connectivity index (χ1n) is 7.97. The van der Waals surface area contributed by atoms with E-state index in [-0.39, 0.29) is 5.82 Å². The molecule has 1 aliphatic heterocycles. The van der Waals surface area contributed by atoms with Gasteiger partial charge in [0, 0.05) is 38.9 Å². The lowest BCUT2D eigenvalue weighted by molar-refractivity contribution is 0.200. The number of hydrogen-bond acceptors (Lipinski definition) is 5. The number of nitriles is 1. The van der Waals surface area contributed by atoms with Crippen LogP contribution >= 0.6 is 0 Å². The number of ether oxygens (including phenoxy) is 1. The largest absolute Gasteiger partial charge is 0.492 e. The van der Waals surface area contributed by atoms with Gasteiger partial charge in [0.1, 0.15) is 30.1 Å². The van der Waals surface area contributed by atoms with Crippen LogP contribution in [0.25, 0.3) is 0 Å². The van der Waals surface area contributed by atoms with Crippen LogP contribution in [0, 0.1) is 17.1 Å². The molecule has 3 rings (SSSR count). The fraction of sp³-hybridized carbons (Fsp3) is 0.333. The van der Waals surface area contributed by atoms with Crippen molar-refractivity contribution in [1.82, 2.24) is 9.88 Å². The van der Waals surface area contributed by atoms with Crippen LogP contribution < -0.4 is 9.64 Å². The van der Waals surface area contributed by atoms with E-state index in [0.29, 0.717) is 17.9 Å². The van der Waals surface area contributed by atoms with Crippen molar-refractivity contribution in [2.75, 3.05) is 44.2 Å². The quantitative estimate of drug-likeness (QED) is 0.844. The minimum atomic E-state index is -0.260. The maximum atomic E-state index is 12.8. The van der Waals surface area contributed by atoms with Gasteiger partial charge in [-0.05, 0) is 36.4 Å². The number of piperazine rings is 1. The number of halogens is 1. The zero-order chi connectivity index (χ0) is 16.8. The summed E-state index contributed by atoms with van der Waals surface area (Å²) in [6.07, 6.45) is 1.72. The molecule has 6 heteroatoms. The second-order valence-electron chi connectivity index (χ2n) is 5.62. The van der Waals surface area contributed by atoms with Crippen molar-refractivity contribution in [2.45, 2.75) is 0 Å². The van der Waals surface area contributed by atoms with E-state index in [2.05, 4.69) is 20.9 Å². The highest BCUT2D eigenvalue weighted by Crippen LogP contribution is 2.18. The van der Waals surface area contributed by atoms with Crippen LogP contribution in [0.1, 0.15) is 5.56 Å². The maximum absolute atomic E-state index is 12.8. The monoisotopic (exact) mass is 326 g/mol. The lowest BCUT2D eigenvalue weighted by atomic mass is 10.2. The van der Waals surface area contributed by atoms with Crippen molar-refractivity contribution in [3.8, 4) is 11.8 Å². The van der Waals surface area contributed by atoms with Gasteiger partial charge in [-0.1, -0.05) is 0 Å². The summed E-state index contributed by atoms with van der Waals surface area (Å²) in [6, 6.07) is 11.8. The summed E-state index contributed by atoms with van der Waals surface area (Å²) in [4.78, 5) is 8.80. The molecule has 2 aromatic rings. The minimum absolute atomic E-state index is 0.260. The highest BCUT2D eigenvalue weighted by atomic mass is 19.1. The molecule has 0 N–H and O–H groups in total. The Morgan fingerprint density at radius 3 is 2.58 bits per heavy atom. The van der Waals surface area contributed by atoms with Crippen LogP contribution in [-0.4, -0.2) is 49.2 Å². The van der Waals surface area contributed by atoms with E-state index < -0.39 is 0 Å². The molecule has 2 heterocycles. The average molecular weight is 326 g/mol. The molecular weight excluding hydrogens is 307 g/mol. The molecule has 24 heavy (non-hydrogen) atoms. The standard InChI is InChI=1S/C18H19FN4O/c19-16-3-5-17(6-4-16)24-13-12-22-8-10-23(11-9-22)18-15(14-20)2-1-7-21-18/h1-7H,8-13H2. The van der Waals surface area contributed by atoms with Crippen LogP contribution in [0.4, 0.5) is 10.2 Å². The number of pyridine rings is 1. The first kappa shape index (κ1) is 16.2. The van der Waals surface area contributed by atoms with Gasteiger partial charge in [0.2, 0.25) is 0 Å². The van der Waals surface area contributed by atoms with E-state index in [1.807, 2.05) is 0 Å². The van der Waals surface area contributed by atoms with Gasteiger partial charge in [0.15, 0.2) is 0 Å². The lowest BCUT2D eigenvalue weighted by Gasteiger charge is -2.35. The van der Waals surface area contributed by atoms with Crippen molar-refractivity contribution in [2.24, 2.45) is 0 Å². The third kappa shape index (κ3) is 4.00. The molecular formula is C18H19FN4O. The number of rotatable bonds is 5. The predicted octanol–water partition coefficient (Wildman–Crippen LogP) is 2.29. The molecule has 1 aromatic carbocycles. The van der Waals surface area contributed by atoms with Crippen molar-refractivity contribution >= 4 is 5.82 Å². The average Bonchev–Trinajstić information content (AvgIpc) is 2.64. The number of hydrogen-bond donors (Lipinski definition) is 0. The molecule has 0 saturated carbocycles. The smallest absolute Gasteiger partial charge is 0.146 e. The van der Waals surface area contributed by atoms with Gasteiger partial charge < -0.3 is 9.64 Å². The summed E-state index contributed by atoms with van der Waals surface area (Å²) < 4.78 is 18.5. The fourth-order valence-corrected chi connectivity index (χ4v) is 2.74. The minimum Gasteiger partial charge on any atom is -0.492 e. The van der Waals surface area contributed by atoms with Gasteiger partial charge >= 0.3 is 0 Å². The van der Waals surface area contributed by atoms with E-state index in [1.165, 1.54) is 12.1 Å². The molecule has 1 aliphatic rings. The third-order valence-corrected chi connectivity index (χ3v) is 4.07. The summed E-state index contributed by atoms with van der Waals surface area (Å²) in [5.41, 5.74) is 0.616. The Bertz CT molecular complexity index is 706. The Kier molecular flexibility index (Phi) is 5.24. The van der Waals surface area contributed by atoms with Crippen LogP contribution in [0.2, 0.25) is 0 Å². The Morgan fingerprint density at radius 1 is 1.12 bits per heavy atom. The molecule has 1 saturated heterocycles. The van der Waals surface area contributed by atoms with Crippen LogP contribution in [0.3, 0.4) is 0 Å². The maximum Gasteiger partial charge on any atom is 0.146 e. The van der Waals surface area contributed by atoms with Gasteiger partial charge in [0.25, 0.3) is 0 Å². The predicted molar refractivity (Wildman–Crippen MR) is 89.5 cm³/mol. The van der Waals surface area contributed by atoms with Crippen molar-refractivity contribution < 1.29 is 9.13 Å². The first-order chi connectivity index (χ1) is 11.8. The number of nitrogens with zero attached hydrogens (tertiary/aromatic N) is 4. The summed E-state index contributed by atoms with van der Waals surface area (Å²) in [6.45, 7) is 4.85. The van der Waals surface area contributed by atoms with Crippen LogP contribution in [0.5, 0.6) is 5.75 Å². The summed E-state index contributed by atoms with van der Waals surface area (Å²) >= 11 is 0. The van der Waals surface area contributed by atoms with Gasteiger partial charge in [-0.3, -0.25) is 4.90 Å². The second kappa shape index (κ2) is 7.75. The zero-order valence-corrected chi connectivity index (χ0v) is 13.4. The molecule has 124 valence electrons. The molecule has 1 fully saturated rings. The molecule has 0 spiro atoms. The van der Waals surface area contributed by atoms with Crippen molar-refractivity contribution in [3.05, 3.63) is 54.0 Å². The number of aromatic nitrogens is 1. The number of anilines is 1. The summed E-state index contributed by atoms with van der Waals surface area (Å²) in [5.74, 6) is 1.19. The first-order valence-corrected chi connectivity index (χ1v) is 7.97. The number of benzene rings is 1. The van der Waals surface area contributed by atoms with Crippen molar-refractivity contribution in [3.63, 3.8) is 0 Å². The van der Waals surface area contributed by atoms with Gasteiger partial charge in [0.05, 0.1) is 5.56 Å². The molecule has 5 nitrogen and oxygen atoms in total. The normalized spacial score (nSPS) is 15.1. The molecule has 0 amide bonds. The molecule has 1 aromatic heterocycles. The Morgan fingerprint density at radius 2 is 1.88 bits per heavy atom. The fourth-order valence-electron chi connectivity index (χ4n) is 2.74. The second-order valence-corrected chi connectivity index (χ2v) is 5.62. The SMILES string of the molecule is N#Cc1cccnc1N1CCN(CCOc2ccc(F)cc2)CC1. The highest BCUT2D eigenvalue weighted by Gasteiger charge is 2.19. The molecule has 0 unspecified atom stereocenters. The van der Waals surface area contributed by atoms with E-state index in [9.17, 15) is 9.65 Å². The highest BCUT2D eigenvalue weighted by molar-refractivity contribution is 5.53. The zero-order valence-electron chi connectivity index (χ0n) is 13.4.